The highest BCUT2D eigenvalue weighted by Crippen LogP contribution is 2.33. The van der Waals surface area contributed by atoms with Crippen molar-refractivity contribution >= 4 is 0 Å². The third-order valence-electron chi connectivity index (χ3n) is 6.14. The molecule has 2 unspecified atom stereocenters. The molecule has 1 aliphatic rings. The molecule has 4 heteroatoms. The minimum atomic E-state index is 0.123. The van der Waals surface area contributed by atoms with Gasteiger partial charge in [0.2, 0.25) is 0 Å². The van der Waals surface area contributed by atoms with Crippen LogP contribution in [0.3, 0.4) is 0 Å². The molecule has 0 saturated heterocycles. The summed E-state index contributed by atoms with van der Waals surface area (Å²) in [4.78, 5) is 4.34. The fourth-order valence-corrected chi connectivity index (χ4v) is 4.68. The van der Waals surface area contributed by atoms with Crippen LogP contribution in [-0.2, 0) is 19.4 Å². The summed E-state index contributed by atoms with van der Waals surface area (Å²) >= 11 is 0. The van der Waals surface area contributed by atoms with Gasteiger partial charge >= 0.3 is 0 Å². The number of hydrogen-bond donors (Lipinski definition) is 1. The second-order valence-electron chi connectivity index (χ2n) is 8.15. The smallest absolute Gasteiger partial charge is 0.119 e. The largest absolute Gasteiger partial charge is 0.508 e. The Morgan fingerprint density at radius 1 is 0.933 bits per heavy atom. The molecule has 0 bridgehead atoms. The Labute approximate surface area is 176 Å². The molecule has 0 spiro atoms. The van der Waals surface area contributed by atoms with E-state index in [1.807, 2.05) is 36.8 Å². The van der Waals surface area contributed by atoms with Crippen molar-refractivity contribution in [2.24, 2.45) is 5.92 Å². The summed E-state index contributed by atoms with van der Waals surface area (Å²) in [6, 6.07) is 20.5. The molecular weight excluding hydrogens is 370 g/mol. The van der Waals surface area contributed by atoms with Crippen LogP contribution in [0.4, 0.5) is 0 Å². The highest BCUT2D eigenvalue weighted by Gasteiger charge is 2.23. The maximum Gasteiger partial charge on any atom is 0.119 e. The van der Waals surface area contributed by atoms with Crippen LogP contribution in [0.25, 0.3) is 0 Å². The summed E-state index contributed by atoms with van der Waals surface area (Å²) in [5, 5.41) is 14.8. The SMILES string of the molecule is Oc1cccc2c1CCC(Cn1cc(C(c3ccccc3)c3cccnc3)cn1)C2. The topological polar surface area (TPSA) is 50.9 Å². The van der Waals surface area contributed by atoms with E-state index in [4.69, 9.17) is 5.10 Å². The van der Waals surface area contributed by atoms with Gasteiger partial charge in [-0.05, 0) is 59.6 Å². The van der Waals surface area contributed by atoms with Gasteiger partial charge in [-0.3, -0.25) is 9.67 Å². The second kappa shape index (κ2) is 8.15. The zero-order chi connectivity index (χ0) is 20.3. The van der Waals surface area contributed by atoms with Gasteiger partial charge in [0.05, 0.1) is 6.20 Å². The van der Waals surface area contributed by atoms with Gasteiger partial charge in [-0.15, -0.1) is 0 Å². The van der Waals surface area contributed by atoms with Crippen molar-refractivity contribution in [3.05, 3.63) is 113 Å². The van der Waals surface area contributed by atoms with Crippen LogP contribution in [0.5, 0.6) is 5.75 Å². The summed E-state index contributed by atoms with van der Waals surface area (Å²) in [7, 11) is 0. The number of hydrogen-bond acceptors (Lipinski definition) is 3. The first-order valence-electron chi connectivity index (χ1n) is 10.5. The van der Waals surface area contributed by atoms with E-state index in [0.29, 0.717) is 11.7 Å². The number of phenolic OH excluding ortho intramolecular Hbond substituents is 1. The van der Waals surface area contributed by atoms with E-state index in [9.17, 15) is 5.11 Å². The van der Waals surface area contributed by atoms with E-state index < -0.39 is 0 Å². The van der Waals surface area contributed by atoms with Crippen molar-refractivity contribution in [1.82, 2.24) is 14.8 Å². The highest BCUT2D eigenvalue weighted by molar-refractivity contribution is 5.42. The summed E-state index contributed by atoms with van der Waals surface area (Å²) in [5.74, 6) is 1.09. The minimum absolute atomic E-state index is 0.123. The van der Waals surface area contributed by atoms with E-state index in [-0.39, 0.29) is 5.92 Å². The quantitative estimate of drug-likeness (QED) is 0.519. The fourth-order valence-electron chi connectivity index (χ4n) is 4.68. The Balaban J connectivity index is 1.39. The summed E-state index contributed by atoms with van der Waals surface area (Å²) in [5.41, 5.74) is 5.99. The van der Waals surface area contributed by atoms with Crippen LogP contribution < -0.4 is 0 Å². The predicted molar refractivity (Wildman–Crippen MR) is 117 cm³/mol. The van der Waals surface area contributed by atoms with Crippen LogP contribution in [0.15, 0.2) is 85.5 Å². The molecule has 5 rings (SSSR count). The van der Waals surface area contributed by atoms with Crippen LogP contribution in [0.1, 0.15) is 40.2 Å². The molecule has 2 atom stereocenters. The highest BCUT2D eigenvalue weighted by atomic mass is 16.3. The maximum atomic E-state index is 10.1. The second-order valence-corrected chi connectivity index (χ2v) is 8.15. The van der Waals surface area contributed by atoms with Crippen LogP contribution in [-0.4, -0.2) is 19.9 Å². The molecule has 2 heterocycles. The molecular formula is C26H25N3O. The lowest BCUT2D eigenvalue weighted by Gasteiger charge is -2.25. The van der Waals surface area contributed by atoms with E-state index in [2.05, 4.69) is 52.3 Å². The predicted octanol–water partition coefficient (Wildman–Crippen LogP) is 4.97. The Morgan fingerprint density at radius 3 is 2.63 bits per heavy atom. The van der Waals surface area contributed by atoms with E-state index in [1.54, 1.807) is 6.07 Å². The van der Waals surface area contributed by atoms with Gasteiger partial charge in [0, 0.05) is 36.6 Å². The molecule has 2 aromatic carbocycles. The zero-order valence-electron chi connectivity index (χ0n) is 16.9. The van der Waals surface area contributed by atoms with Crippen LogP contribution in [0.2, 0.25) is 0 Å². The average Bonchev–Trinajstić information content (AvgIpc) is 3.23. The Hall–Kier alpha value is -3.40. The lowest BCUT2D eigenvalue weighted by Crippen LogP contribution is -2.19. The maximum absolute atomic E-state index is 10.1. The molecule has 30 heavy (non-hydrogen) atoms. The molecule has 0 radical (unpaired) electrons. The first-order chi connectivity index (χ1) is 14.8. The third kappa shape index (κ3) is 3.73. The molecule has 0 aliphatic heterocycles. The molecule has 4 nitrogen and oxygen atoms in total. The van der Waals surface area contributed by atoms with Crippen molar-refractivity contribution in [2.75, 3.05) is 0 Å². The number of aromatic hydroxyl groups is 1. The lowest BCUT2D eigenvalue weighted by atomic mass is 9.83. The number of aromatic nitrogens is 3. The van der Waals surface area contributed by atoms with Crippen LogP contribution >= 0.6 is 0 Å². The van der Waals surface area contributed by atoms with Crippen LogP contribution in [0, 0.1) is 5.92 Å². The average molecular weight is 396 g/mol. The molecule has 1 aliphatic carbocycles. The van der Waals surface area contributed by atoms with E-state index >= 15 is 0 Å². The van der Waals surface area contributed by atoms with Gasteiger partial charge in [-0.1, -0.05) is 48.5 Å². The monoisotopic (exact) mass is 395 g/mol. The third-order valence-corrected chi connectivity index (χ3v) is 6.14. The molecule has 150 valence electrons. The van der Waals surface area contributed by atoms with Gasteiger partial charge in [-0.25, -0.2) is 0 Å². The van der Waals surface area contributed by atoms with Gasteiger partial charge in [-0.2, -0.15) is 5.10 Å². The Morgan fingerprint density at radius 2 is 1.80 bits per heavy atom. The van der Waals surface area contributed by atoms with Crippen molar-refractivity contribution in [3.8, 4) is 5.75 Å². The normalized spacial score (nSPS) is 16.7. The van der Waals surface area contributed by atoms with E-state index in [0.717, 1.165) is 31.4 Å². The summed E-state index contributed by atoms with van der Waals surface area (Å²) in [6.45, 7) is 0.893. The number of nitrogens with zero attached hydrogens (tertiary/aromatic N) is 3. The van der Waals surface area contributed by atoms with Crippen molar-refractivity contribution in [3.63, 3.8) is 0 Å². The molecule has 0 saturated carbocycles. The molecule has 2 aromatic heterocycles. The molecule has 0 fully saturated rings. The molecule has 4 aromatic rings. The van der Waals surface area contributed by atoms with Crippen molar-refractivity contribution < 1.29 is 5.11 Å². The number of benzene rings is 2. The van der Waals surface area contributed by atoms with Gasteiger partial charge in [0.15, 0.2) is 0 Å². The molecule has 1 N–H and O–H groups in total. The van der Waals surface area contributed by atoms with Gasteiger partial charge in [0.1, 0.15) is 5.75 Å². The molecule has 0 amide bonds. The number of phenols is 1. The zero-order valence-corrected chi connectivity index (χ0v) is 16.9. The van der Waals surface area contributed by atoms with Gasteiger partial charge < -0.3 is 5.11 Å². The standard InChI is InChI=1S/C26H25N3O/c30-25-10-4-8-21-14-19(11-12-24(21)25)17-29-18-23(16-28-29)26(20-6-2-1-3-7-20)22-9-5-13-27-15-22/h1-10,13,15-16,18-19,26,30H,11-12,14,17H2. The summed E-state index contributed by atoms with van der Waals surface area (Å²) < 4.78 is 2.08. The number of rotatable bonds is 5. The van der Waals surface area contributed by atoms with Gasteiger partial charge in [0.25, 0.3) is 0 Å². The fraction of sp³-hybridized carbons (Fsp3) is 0.231. The number of pyridine rings is 1. The van der Waals surface area contributed by atoms with E-state index in [1.165, 1.54) is 22.3 Å². The first-order valence-corrected chi connectivity index (χ1v) is 10.5. The van der Waals surface area contributed by atoms with Crippen molar-refractivity contribution in [1.29, 1.82) is 0 Å². The Bertz CT molecular complexity index is 1080. The first kappa shape index (κ1) is 18.6. The number of fused-ring (bicyclic) bond motifs is 1. The Kier molecular flexibility index (Phi) is 5.06. The summed E-state index contributed by atoms with van der Waals surface area (Å²) in [6.07, 6.45) is 10.9. The van der Waals surface area contributed by atoms with Crippen molar-refractivity contribution in [2.45, 2.75) is 31.7 Å². The lowest BCUT2D eigenvalue weighted by molar-refractivity contribution is 0.368. The minimum Gasteiger partial charge on any atom is -0.508 e.